The molecule has 0 saturated heterocycles. The minimum absolute atomic E-state index is 0. The summed E-state index contributed by atoms with van der Waals surface area (Å²) in [5, 5.41) is 0. The molecule has 0 unspecified atom stereocenters. The smallest absolute Gasteiger partial charge is 0.0149 e. The average Bonchev–Trinajstić information content (AvgIpc) is 0. The Kier molecular flexibility index (Phi) is 344. The molecule has 0 aliphatic rings. The second-order valence-corrected chi connectivity index (χ2v) is 0. The molecular weight excluding hydrogens is 235 g/mol. The van der Waals surface area contributed by atoms with Gasteiger partial charge in [0.05, 0.1) is 0 Å². The van der Waals surface area contributed by atoms with Crippen LogP contribution in [0.4, 0.5) is 0 Å². The minimum Gasteiger partial charge on any atom is -0.0149 e. The van der Waals surface area contributed by atoms with E-state index in [-0.39, 0.29) is 81.4 Å². The Morgan fingerprint density at radius 2 is 1.00 bits per heavy atom. The van der Waals surface area contributed by atoms with Gasteiger partial charge in [0.15, 0.2) is 17.4 Å². The van der Waals surface area contributed by atoms with Crippen LogP contribution in [0.25, 0.3) is 0 Å². The van der Waals surface area contributed by atoms with Gasteiger partial charge in [-0.25, -0.2) is 0 Å². The Bertz CT molecular complexity index is 11.6. The fraction of sp³-hybridized carbons (Fsp3) is 0. The van der Waals surface area contributed by atoms with Crippen LogP contribution in [0.15, 0.2) is 0 Å². The Morgan fingerprint density at radius 3 is 1.00 bits per heavy atom. The summed E-state index contributed by atoms with van der Waals surface area (Å²) in [7, 11) is 0. The Labute approximate surface area is 80.5 Å². The Morgan fingerprint density at radius 1 is 1.00 bits per heavy atom. The molecule has 0 aliphatic heterocycles. The average molecular weight is 242 g/mol. The molecule has 0 rings (SSSR count). The van der Waals surface area contributed by atoms with Crippen molar-refractivity contribution < 1.29 is 53.0 Å². The van der Waals surface area contributed by atoms with Gasteiger partial charge in [-0.3, -0.25) is 0 Å². The molecule has 0 amide bonds. The first-order valence-corrected chi connectivity index (χ1v) is 0. The SMILES string of the molecule is [AlH3].[Fe].[Ni].[SiH4].[Zn]. The van der Waals surface area contributed by atoms with Crippen molar-refractivity contribution in [2.45, 2.75) is 0 Å². The summed E-state index contributed by atoms with van der Waals surface area (Å²) in [5.41, 5.74) is 0. The molecule has 0 atom stereocenters. The van der Waals surface area contributed by atoms with Crippen molar-refractivity contribution in [2.75, 3.05) is 0 Å². The maximum atomic E-state index is 0. The number of hydrogen-bond donors (Lipinski definition) is 0. The van der Waals surface area contributed by atoms with Gasteiger partial charge in [-0.05, 0) is 11.0 Å². The summed E-state index contributed by atoms with van der Waals surface area (Å²) in [6, 6.07) is 0. The molecule has 0 spiro atoms. The van der Waals surface area contributed by atoms with Crippen molar-refractivity contribution in [3.8, 4) is 0 Å². The predicted molar refractivity (Wildman–Crippen MR) is 21.3 cm³/mol. The van der Waals surface area contributed by atoms with E-state index in [4.69, 9.17) is 0 Å². The van der Waals surface area contributed by atoms with Gasteiger partial charge in [0.25, 0.3) is 0 Å². The van der Waals surface area contributed by atoms with Crippen LogP contribution in [-0.2, 0) is 53.0 Å². The molecular formula is H7AlFeNiSiZn. The van der Waals surface area contributed by atoms with Gasteiger partial charge in [-0.1, -0.05) is 0 Å². The monoisotopic (exact) mass is 240 g/mol. The fourth-order valence-corrected chi connectivity index (χ4v) is 0. The van der Waals surface area contributed by atoms with Crippen molar-refractivity contribution in [3.63, 3.8) is 0 Å². The van der Waals surface area contributed by atoms with Gasteiger partial charge in [0, 0.05) is 53.0 Å². The van der Waals surface area contributed by atoms with E-state index < -0.39 is 0 Å². The number of rotatable bonds is 0. The van der Waals surface area contributed by atoms with E-state index in [2.05, 4.69) is 0 Å². The Balaban J connectivity index is 0. The van der Waals surface area contributed by atoms with Crippen LogP contribution in [-0.4, -0.2) is 28.3 Å². The molecule has 0 aromatic carbocycles. The van der Waals surface area contributed by atoms with Gasteiger partial charge in [0.1, 0.15) is 0 Å². The molecule has 0 aliphatic carbocycles. The molecule has 0 N–H and O–H groups in total. The molecule has 0 heterocycles. The first-order valence-electron chi connectivity index (χ1n) is 0. The van der Waals surface area contributed by atoms with Crippen LogP contribution in [0.3, 0.4) is 0 Å². The molecule has 0 bridgehead atoms. The van der Waals surface area contributed by atoms with E-state index in [1.807, 2.05) is 0 Å². The van der Waals surface area contributed by atoms with Crippen LogP contribution < -0.4 is 0 Å². The maximum absolute atomic E-state index is 0. The van der Waals surface area contributed by atoms with Crippen LogP contribution in [0.2, 0.25) is 0 Å². The van der Waals surface area contributed by atoms with Gasteiger partial charge >= 0.3 is 0 Å². The van der Waals surface area contributed by atoms with Gasteiger partial charge in [-0.2, -0.15) is 0 Å². The molecule has 0 aromatic rings. The van der Waals surface area contributed by atoms with Crippen molar-refractivity contribution in [1.82, 2.24) is 0 Å². The predicted octanol–water partition coefficient (Wildman–Crippen LogP) is -2.64. The summed E-state index contributed by atoms with van der Waals surface area (Å²) in [6.07, 6.45) is 0. The molecule has 0 saturated carbocycles. The second-order valence-electron chi connectivity index (χ2n) is 0. The maximum Gasteiger partial charge on any atom is 0.187 e. The van der Waals surface area contributed by atoms with Crippen molar-refractivity contribution in [2.24, 2.45) is 0 Å². The van der Waals surface area contributed by atoms with Crippen LogP contribution >= 0.6 is 0 Å². The summed E-state index contributed by atoms with van der Waals surface area (Å²) in [5.74, 6) is 0. The summed E-state index contributed by atoms with van der Waals surface area (Å²) in [6.45, 7) is 0. The zero-order chi connectivity index (χ0) is 0. The van der Waals surface area contributed by atoms with E-state index >= 15 is 0 Å². The van der Waals surface area contributed by atoms with Crippen LogP contribution in [0.1, 0.15) is 0 Å². The van der Waals surface area contributed by atoms with Crippen molar-refractivity contribution in [3.05, 3.63) is 0 Å². The van der Waals surface area contributed by atoms with Crippen LogP contribution in [0.5, 0.6) is 0 Å². The minimum atomic E-state index is 0. The quantitative estimate of drug-likeness (QED) is 0.407. The molecule has 5 heavy (non-hydrogen) atoms. The molecule has 0 nitrogen and oxygen atoms in total. The third kappa shape index (κ3) is 21.6. The number of hydrogen-bond acceptors (Lipinski definition) is 0. The zero-order valence-corrected chi connectivity index (χ0v) is 6.44. The standard InChI is InChI=1S/Al.Fe.Ni.H4Si.Zn.3H/h;;;1H4;;;;. The molecule has 0 fully saturated rings. The van der Waals surface area contributed by atoms with E-state index in [0.29, 0.717) is 0 Å². The van der Waals surface area contributed by atoms with Crippen molar-refractivity contribution >= 4 is 28.3 Å². The molecule has 5 heteroatoms. The van der Waals surface area contributed by atoms with E-state index in [0.717, 1.165) is 0 Å². The zero-order valence-electron chi connectivity index (χ0n) is 1.38. The summed E-state index contributed by atoms with van der Waals surface area (Å²) >= 11 is 0. The molecule has 0 radical (unpaired) electrons. The fourth-order valence-electron chi connectivity index (χ4n) is 0. The van der Waals surface area contributed by atoms with E-state index in [1.165, 1.54) is 0 Å². The van der Waals surface area contributed by atoms with Gasteiger partial charge < -0.3 is 0 Å². The van der Waals surface area contributed by atoms with E-state index in [9.17, 15) is 0 Å². The largest absolute Gasteiger partial charge is 0.187 e. The van der Waals surface area contributed by atoms with Crippen molar-refractivity contribution in [1.29, 1.82) is 0 Å². The first kappa shape index (κ1) is 52.9. The summed E-state index contributed by atoms with van der Waals surface area (Å²) in [4.78, 5) is 0. The first-order chi connectivity index (χ1) is 0. The van der Waals surface area contributed by atoms with Gasteiger partial charge in [0.2, 0.25) is 0 Å². The topological polar surface area (TPSA) is 0 Å². The Hall–Kier alpha value is 2.39. The van der Waals surface area contributed by atoms with Crippen LogP contribution in [0, 0.1) is 0 Å². The van der Waals surface area contributed by atoms with E-state index in [1.54, 1.807) is 0 Å². The van der Waals surface area contributed by atoms with Gasteiger partial charge in [-0.15, -0.1) is 0 Å². The molecule has 34 valence electrons. The molecule has 0 aromatic heterocycles. The normalized spacial score (nSPS) is 0. The third-order valence-electron chi connectivity index (χ3n) is 0. The third-order valence-corrected chi connectivity index (χ3v) is 0. The summed E-state index contributed by atoms with van der Waals surface area (Å²) < 4.78 is 0. The second kappa shape index (κ2) is 32.5.